The smallest absolute Gasteiger partial charge is 0.243 e. The van der Waals surface area contributed by atoms with Gasteiger partial charge in [0.2, 0.25) is 15.9 Å². The van der Waals surface area contributed by atoms with Gasteiger partial charge in [-0.1, -0.05) is 48.9 Å². The van der Waals surface area contributed by atoms with Crippen LogP contribution in [-0.2, 0) is 21.2 Å². The van der Waals surface area contributed by atoms with Gasteiger partial charge in [0, 0.05) is 13.1 Å². The van der Waals surface area contributed by atoms with Crippen molar-refractivity contribution in [1.29, 1.82) is 0 Å². The van der Waals surface area contributed by atoms with Crippen LogP contribution in [0.3, 0.4) is 0 Å². The molecule has 0 aliphatic carbocycles. The predicted octanol–water partition coefficient (Wildman–Crippen LogP) is 4.84. The van der Waals surface area contributed by atoms with Crippen molar-refractivity contribution in [2.45, 2.75) is 30.6 Å². The molecule has 4 rings (SSSR count). The lowest BCUT2D eigenvalue weighted by Crippen LogP contribution is -2.35. The summed E-state index contributed by atoms with van der Waals surface area (Å²) in [5.41, 5.74) is 1.13. The molecule has 1 N–H and O–H groups in total. The highest BCUT2D eigenvalue weighted by atomic mass is 32.2. The Hall–Kier alpha value is -3.36. The second-order valence-corrected chi connectivity index (χ2v) is 10.0. The van der Waals surface area contributed by atoms with Crippen LogP contribution >= 0.6 is 0 Å². The van der Waals surface area contributed by atoms with E-state index in [2.05, 4.69) is 5.32 Å². The summed E-state index contributed by atoms with van der Waals surface area (Å²) in [4.78, 5) is 12.9. The number of para-hydroxylation sites is 2. The Balaban J connectivity index is 1.66. The highest BCUT2D eigenvalue weighted by Gasteiger charge is 2.27. The number of amides is 1. The van der Waals surface area contributed by atoms with Crippen LogP contribution in [0.25, 0.3) is 0 Å². The van der Waals surface area contributed by atoms with Crippen molar-refractivity contribution in [1.82, 2.24) is 4.31 Å². The number of methoxy groups -OCH3 is 1. The number of carbonyl (C=O) groups is 1. The number of anilines is 1. The highest BCUT2D eigenvalue weighted by Crippen LogP contribution is 2.37. The van der Waals surface area contributed by atoms with E-state index in [0.717, 1.165) is 24.8 Å². The normalized spacial score (nSPS) is 14.4. The van der Waals surface area contributed by atoms with Crippen LogP contribution in [0.2, 0.25) is 0 Å². The molecule has 8 heteroatoms. The Labute approximate surface area is 200 Å². The molecule has 0 bridgehead atoms. The van der Waals surface area contributed by atoms with Gasteiger partial charge in [-0.25, -0.2) is 8.42 Å². The number of rotatable bonds is 8. The van der Waals surface area contributed by atoms with Gasteiger partial charge in [-0.3, -0.25) is 4.79 Å². The van der Waals surface area contributed by atoms with Gasteiger partial charge >= 0.3 is 0 Å². The lowest BCUT2D eigenvalue weighted by atomic mass is 10.1. The van der Waals surface area contributed by atoms with Crippen LogP contribution < -0.4 is 14.8 Å². The SMILES string of the molecule is COc1ccccc1Oc1ccc(S(=O)(=O)N2CCCCC2)cc1NC(=O)Cc1ccccc1. The van der Waals surface area contributed by atoms with Crippen LogP contribution in [0.5, 0.6) is 17.2 Å². The summed E-state index contributed by atoms with van der Waals surface area (Å²) >= 11 is 0. The van der Waals surface area contributed by atoms with Gasteiger partial charge in [-0.15, -0.1) is 0 Å². The minimum absolute atomic E-state index is 0.122. The average molecular weight is 481 g/mol. The van der Waals surface area contributed by atoms with Crippen molar-refractivity contribution in [2.24, 2.45) is 0 Å². The summed E-state index contributed by atoms with van der Waals surface area (Å²) in [5, 5.41) is 2.84. The molecule has 1 heterocycles. The first-order chi connectivity index (χ1) is 16.5. The minimum Gasteiger partial charge on any atom is -0.493 e. The summed E-state index contributed by atoms with van der Waals surface area (Å²) in [5.74, 6) is 1.02. The minimum atomic E-state index is -3.68. The van der Waals surface area contributed by atoms with Crippen molar-refractivity contribution in [3.8, 4) is 17.2 Å². The molecule has 0 atom stereocenters. The van der Waals surface area contributed by atoms with E-state index in [-0.39, 0.29) is 22.9 Å². The van der Waals surface area contributed by atoms with Crippen LogP contribution in [0.15, 0.2) is 77.7 Å². The maximum absolute atomic E-state index is 13.2. The van der Waals surface area contributed by atoms with Crippen molar-refractivity contribution in [2.75, 3.05) is 25.5 Å². The fraction of sp³-hybridized carbons (Fsp3) is 0.269. The number of hydrogen-bond donors (Lipinski definition) is 1. The fourth-order valence-corrected chi connectivity index (χ4v) is 5.45. The maximum Gasteiger partial charge on any atom is 0.243 e. The quantitative estimate of drug-likeness (QED) is 0.499. The first kappa shape index (κ1) is 23.8. The number of carbonyl (C=O) groups excluding carboxylic acids is 1. The van der Waals surface area contributed by atoms with Crippen molar-refractivity contribution < 1.29 is 22.7 Å². The molecule has 0 radical (unpaired) electrons. The fourth-order valence-electron chi connectivity index (χ4n) is 3.91. The number of nitrogens with one attached hydrogen (secondary N) is 1. The van der Waals surface area contributed by atoms with E-state index < -0.39 is 10.0 Å². The zero-order chi connectivity index (χ0) is 24.0. The van der Waals surface area contributed by atoms with E-state index >= 15 is 0 Å². The molecular formula is C26H28N2O5S. The van der Waals surface area contributed by atoms with Gasteiger partial charge in [0.15, 0.2) is 17.2 Å². The number of nitrogens with zero attached hydrogens (tertiary/aromatic N) is 1. The molecule has 178 valence electrons. The number of sulfonamides is 1. The number of hydrogen-bond acceptors (Lipinski definition) is 5. The summed E-state index contributed by atoms with van der Waals surface area (Å²) in [6.45, 7) is 0.995. The molecule has 3 aromatic carbocycles. The molecule has 1 amide bonds. The van der Waals surface area contributed by atoms with Crippen molar-refractivity contribution in [3.63, 3.8) is 0 Å². The second-order valence-electron chi connectivity index (χ2n) is 8.09. The van der Waals surface area contributed by atoms with Crippen molar-refractivity contribution >= 4 is 21.6 Å². The second kappa shape index (κ2) is 10.7. The summed E-state index contributed by atoms with van der Waals surface area (Å²) < 4.78 is 39.4. The van der Waals surface area contributed by atoms with Gasteiger partial charge in [-0.05, 0) is 48.7 Å². The van der Waals surface area contributed by atoms with E-state index in [9.17, 15) is 13.2 Å². The average Bonchev–Trinajstić information content (AvgIpc) is 2.86. The van der Waals surface area contributed by atoms with Crippen molar-refractivity contribution in [3.05, 3.63) is 78.4 Å². The zero-order valence-corrected chi connectivity index (χ0v) is 19.9. The Bertz CT molecular complexity index is 1240. The molecule has 1 aliphatic heterocycles. The third-order valence-electron chi connectivity index (χ3n) is 5.67. The molecule has 1 fully saturated rings. The first-order valence-electron chi connectivity index (χ1n) is 11.3. The Morgan fingerprint density at radius 1 is 0.882 bits per heavy atom. The highest BCUT2D eigenvalue weighted by molar-refractivity contribution is 7.89. The molecule has 1 saturated heterocycles. The van der Waals surface area contributed by atoms with Crippen LogP contribution in [0, 0.1) is 0 Å². The standard InChI is InChI=1S/C26H28N2O5S/c1-32-24-12-6-7-13-25(24)33-23-15-14-21(34(30,31)28-16-8-3-9-17-28)19-22(23)27-26(29)18-20-10-4-2-5-11-20/h2,4-7,10-15,19H,3,8-9,16-18H2,1H3,(H,27,29). The maximum atomic E-state index is 13.2. The Morgan fingerprint density at radius 3 is 2.26 bits per heavy atom. The van der Waals surface area contributed by atoms with Crippen LogP contribution in [-0.4, -0.2) is 38.8 Å². The largest absolute Gasteiger partial charge is 0.493 e. The van der Waals surface area contributed by atoms with Gasteiger partial charge < -0.3 is 14.8 Å². The summed E-state index contributed by atoms with van der Waals surface area (Å²) in [6.07, 6.45) is 2.86. The van der Waals surface area contributed by atoms with E-state index in [1.54, 1.807) is 31.4 Å². The summed E-state index contributed by atoms with van der Waals surface area (Å²) in [7, 11) is -2.14. The van der Waals surface area contributed by atoms with Gasteiger partial charge in [0.05, 0.1) is 24.1 Å². The van der Waals surface area contributed by atoms with Crippen LogP contribution in [0.1, 0.15) is 24.8 Å². The van der Waals surface area contributed by atoms with Gasteiger partial charge in [0.1, 0.15) is 0 Å². The molecule has 0 saturated carbocycles. The first-order valence-corrected chi connectivity index (χ1v) is 12.7. The van der Waals surface area contributed by atoms with Gasteiger partial charge in [-0.2, -0.15) is 4.31 Å². The molecule has 0 unspecified atom stereocenters. The third-order valence-corrected chi connectivity index (χ3v) is 7.57. The molecule has 0 aromatic heterocycles. The Morgan fingerprint density at radius 2 is 1.56 bits per heavy atom. The topological polar surface area (TPSA) is 84.9 Å². The number of ether oxygens (including phenoxy) is 2. The molecule has 0 spiro atoms. The number of benzene rings is 3. The molecule has 1 aliphatic rings. The zero-order valence-electron chi connectivity index (χ0n) is 19.1. The molecule has 3 aromatic rings. The number of piperidine rings is 1. The Kier molecular flexibility index (Phi) is 7.49. The van der Waals surface area contributed by atoms with E-state index in [4.69, 9.17) is 9.47 Å². The molecule has 34 heavy (non-hydrogen) atoms. The monoisotopic (exact) mass is 480 g/mol. The lowest BCUT2D eigenvalue weighted by molar-refractivity contribution is -0.115. The van der Waals surface area contributed by atoms with E-state index in [1.165, 1.54) is 16.4 Å². The molecular weight excluding hydrogens is 452 g/mol. The van der Waals surface area contributed by atoms with E-state index in [1.807, 2.05) is 36.4 Å². The lowest BCUT2D eigenvalue weighted by Gasteiger charge is -2.26. The van der Waals surface area contributed by atoms with Crippen LogP contribution in [0.4, 0.5) is 5.69 Å². The summed E-state index contributed by atoms with van der Waals surface area (Å²) in [6, 6.07) is 21.0. The predicted molar refractivity (Wildman–Crippen MR) is 131 cm³/mol. The third kappa shape index (κ3) is 5.58. The van der Waals surface area contributed by atoms with Gasteiger partial charge in [0.25, 0.3) is 0 Å². The van der Waals surface area contributed by atoms with E-state index in [0.29, 0.717) is 30.3 Å². The molecule has 7 nitrogen and oxygen atoms in total.